The second-order valence-corrected chi connectivity index (χ2v) is 10.4. The van der Waals surface area contributed by atoms with E-state index in [4.69, 9.17) is 0 Å². The molecule has 154 valence electrons. The van der Waals surface area contributed by atoms with Crippen molar-refractivity contribution in [2.75, 3.05) is 0 Å². The molecule has 0 bridgehead atoms. The molecular formula is C28H15N3S2. The van der Waals surface area contributed by atoms with Crippen molar-refractivity contribution in [2.45, 2.75) is 0 Å². The van der Waals surface area contributed by atoms with Crippen LogP contribution in [-0.2, 0) is 0 Å². The van der Waals surface area contributed by atoms with E-state index >= 15 is 0 Å². The molecule has 8 aromatic rings. The lowest BCUT2D eigenvalue weighted by molar-refractivity contribution is 1.20. The Labute approximate surface area is 196 Å². The van der Waals surface area contributed by atoms with E-state index in [9.17, 15) is 0 Å². The van der Waals surface area contributed by atoms with Crippen molar-refractivity contribution < 1.29 is 0 Å². The topological polar surface area (TPSA) is 30.7 Å². The van der Waals surface area contributed by atoms with E-state index in [1.807, 2.05) is 17.5 Å². The van der Waals surface area contributed by atoms with E-state index in [0.717, 1.165) is 10.2 Å². The SMILES string of the molecule is c1ccc2c(c1)sc1c(-n3c4ccccc4c4cc5c(cc43)sc3ncncc35)cccc12. The molecule has 0 N–H and O–H groups in total. The zero-order valence-corrected chi connectivity index (χ0v) is 19.0. The minimum atomic E-state index is 1.04. The highest BCUT2D eigenvalue weighted by molar-refractivity contribution is 7.26. The fourth-order valence-corrected chi connectivity index (χ4v) is 7.38. The lowest BCUT2D eigenvalue weighted by atomic mass is 10.1. The number of hydrogen-bond acceptors (Lipinski definition) is 4. The van der Waals surface area contributed by atoms with Crippen LogP contribution in [0, 0.1) is 0 Å². The monoisotopic (exact) mass is 457 g/mol. The van der Waals surface area contributed by atoms with Gasteiger partial charge in [0.1, 0.15) is 11.2 Å². The summed E-state index contributed by atoms with van der Waals surface area (Å²) < 4.78 is 6.33. The molecule has 4 heterocycles. The molecule has 4 aromatic carbocycles. The van der Waals surface area contributed by atoms with Crippen molar-refractivity contribution in [3.63, 3.8) is 0 Å². The Bertz CT molecular complexity index is 2040. The van der Waals surface area contributed by atoms with Gasteiger partial charge in [-0.3, -0.25) is 0 Å². The summed E-state index contributed by atoms with van der Waals surface area (Å²) in [5, 5.41) is 7.53. The number of thiophene rings is 2. The van der Waals surface area contributed by atoms with Crippen LogP contribution in [0.4, 0.5) is 0 Å². The van der Waals surface area contributed by atoms with Crippen LogP contribution in [0.3, 0.4) is 0 Å². The summed E-state index contributed by atoms with van der Waals surface area (Å²) in [4.78, 5) is 9.82. The first kappa shape index (κ1) is 17.7. The lowest BCUT2D eigenvalue weighted by Gasteiger charge is -2.09. The molecule has 5 heteroatoms. The van der Waals surface area contributed by atoms with Crippen molar-refractivity contribution in [1.29, 1.82) is 0 Å². The van der Waals surface area contributed by atoms with E-state index < -0.39 is 0 Å². The Morgan fingerprint density at radius 2 is 1.45 bits per heavy atom. The smallest absolute Gasteiger partial charge is 0.127 e. The molecule has 0 aliphatic carbocycles. The first-order valence-electron chi connectivity index (χ1n) is 10.8. The van der Waals surface area contributed by atoms with Gasteiger partial charge >= 0.3 is 0 Å². The Morgan fingerprint density at radius 1 is 0.606 bits per heavy atom. The summed E-state index contributed by atoms with van der Waals surface area (Å²) in [5.41, 5.74) is 3.70. The van der Waals surface area contributed by atoms with Gasteiger partial charge in [-0.15, -0.1) is 22.7 Å². The highest BCUT2D eigenvalue weighted by Crippen LogP contribution is 2.43. The second-order valence-electron chi connectivity index (χ2n) is 8.31. The zero-order chi connectivity index (χ0) is 21.5. The Balaban J connectivity index is 1.57. The van der Waals surface area contributed by atoms with Gasteiger partial charge in [0.15, 0.2) is 0 Å². The maximum absolute atomic E-state index is 4.50. The molecule has 0 aliphatic heterocycles. The lowest BCUT2D eigenvalue weighted by Crippen LogP contribution is -1.93. The van der Waals surface area contributed by atoms with E-state index in [-0.39, 0.29) is 0 Å². The van der Waals surface area contributed by atoms with Crippen molar-refractivity contribution in [2.24, 2.45) is 0 Å². The third-order valence-corrected chi connectivity index (χ3v) is 8.86. The second kappa shape index (κ2) is 6.38. The van der Waals surface area contributed by atoms with Crippen LogP contribution < -0.4 is 0 Å². The van der Waals surface area contributed by atoms with Gasteiger partial charge in [0.25, 0.3) is 0 Å². The number of hydrogen-bond donors (Lipinski definition) is 0. The third kappa shape index (κ3) is 2.33. The largest absolute Gasteiger partial charge is 0.308 e. The normalized spacial score (nSPS) is 12.2. The molecule has 0 unspecified atom stereocenters. The highest BCUT2D eigenvalue weighted by Gasteiger charge is 2.18. The average Bonchev–Trinajstić information content (AvgIpc) is 3.52. The van der Waals surface area contributed by atoms with Crippen LogP contribution >= 0.6 is 22.7 Å². The van der Waals surface area contributed by atoms with Crippen LogP contribution in [0.25, 0.3) is 68.0 Å². The predicted molar refractivity (Wildman–Crippen MR) is 142 cm³/mol. The molecule has 33 heavy (non-hydrogen) atoms. The van der Waals surface area contributed by atoms with E-state index in [1.165, 1.54) is 57.8 Å². The number of nitrogens with zero attached hydrogens (tertiary/aromatic N) is 3. The predicted octanol–water partition coefficient (Wildman–Crippen LogP) is 8.31. The van der Waals surface area contributed by atoms with Gasteiger partial charge in [0, 0.05) is 47.9 Å². The number of aromatic nitrogens is 3. The van der Waals surface area contributed by atoms with Gasteiger partial charge in [0.2, 0.25) is 0 Å². The van der Waals surface area contributed by atoms with E-state index in [2.05, 4.69) is 93.4 Å². The molecule has 8 rings (SSSR count). The van der Waals surface area contributed by atoms with E-state index in [1.54, 1.807) is 17.7 Å². The molecule has 0 spiro atoms. The molecule has 0 saturated heterocycles. The standard InChI is InChI=1S/C28H15N3S2/c1-3-9-22-16(6-1)19-12-20-21-14-29-15-30-28(21)33-26(20)13-24(19)31(22)23-10-5-8-18-17-7-2-4-11-25(17)32-27(18)23/h1-15H. The summed E-state index contributed by atoms with van der Waals surface area (Å²) >= 11 is 3.61. The Kier molecular flexibility index (Phi) is 3.42. The summed E-state index contributed by atoms with van der Waals surface area (Å²) in [6, 6.07) is 28.8. The molecule has 0 atom stereocenters. The van der Waals surface area contributed by atoms with Gasteiger partial charge in [0.05, 0.1) is 21.4 Å². The van der Waals surface area contributed by atoms with Crippen LogP contribution in [0.2, 0.25) is 0 Å². The average molecular weight is 458 g/mol. The minimum absolute atomic E-state index is 1.04. The van der Waals surface area contributed by atoms with Gasteiger partial charge in [-0.05, 0) is 30.3 Å². The molecule has 4 aromatic heterocycles. The number of fused-ring (bicyclic) bond motifs is 9. The molecule has 3 nitrogen and oxygen atoms in total. The Hall–Kier alpha value is -3.80. The molecule has 0 fully saturated rings. The van der Waals surface area contributed by atoms with Crippen molar-refractivity contribution in [3.8, 4) is 5.69 Å². The Morgan fingerprint density at radius 3 is 2.42 bits per heavy atom. The molecule has 0 saturated carbocycles. The summed E-state index contributed by atoms with van der Waals surface area (Å²) in [6.45, 7) is 0. The number of benzene rings is 4. The van der Waals surface area contributed by atoms with Crippen LogP contribution in [0.5, 0.6) is 0 Å². The van der Waals surface area contributed by atoms with Crippen LogP contribution in [0.15, 0.2) is 91.4 Å². The maximum atomic E-state index is 4.50. The van der Waals surface area contributed by atoms with Crippen molar-refractivity contribution >= 4 is 85.0 Å². The van der Waals surface area contributed by atoms with Gasteiger partial charge in [-0.25, -0.2) is 9.97 Å². The number of para-hydroxylation sites is 1. The van der Waals surface area contributed by atoms with Crippen molar-refractivity contribution in [3.05, 3.63) is 91.4 Å². The summed E-state index contributed by atoms with van der Waals surface area (Å²) in [5.74, 6) is 0. The maximum Gasteiger partial charge on any atom is 0.127 e. The summed E-state index contributed by atoms with van der Waals surface area (Å²) in [6.07, 6.45) is 3.57. The third-order valence-electron chi connectivity index (χ3n) is 6.57. The molecule has 0 radical (unpaired) electrons. The summed E-state index contributed by atoms with van der Waals surface area (Å²) in [7, 11) is 0. The van der Waals surface area contributed by atoms with Crippen molar-refractivity contribution in [1.82, 2.24) is 14.5 Å². The quantitative estimate of drug-likeness (QED) is 0.248. The van der Waals surface area contributed by atoms with Crippen LogP contribution in [-0.4, -0.2) is 14.5 Å². The van der Waals surface area contributed by atoms with Gasteiger partial charge < -0.3 is 4.57 Å². The first-order valence-corrected chi connectivity index (χ1v) is 12.5. The van der Waals surface area contributed by atoms with Gasteiger partial charge in [-0.2, -0.15) is 0 Å². The highest BCUT2D eigenvalue weighted by atomic mass is 32.1. The fraction of sp³-hybridized carbons (Fsp3) is 0. The number of rotatable bonds is 1. The van der Waals surface area contributed by atoms with E-state index in [0.29, 0.717) is 0 Å². The van der Waals surface area contributed by atoms with Gasteiger partial charge in [-0.1, -0.05) is 48.5 Å². The zero-order valence-electron chi connectivity index (χ0n) is 17.3. The minimum Gasteiger partial charge on any atom is -0.308 e. The van der Waals surface area contributed by atoms with Crippen LogP contribution in [0.1, 0.15) is 0 Å². The molecular weight excluding hydrogens is 442 g/mol. The first-order chi connectivity index (χ1) is 16.4. The molecule has 0 amide bonds. The fourth-order valence-electron chi connectivity index (χ4n) is 5.15. The molecule has 0 aliphatic rings.